The van der Waals surface area contributed by atoms with E-state index in [1.54, 1.807) is 7.05 Å². The fraction of sp³-hybridized carbons (Fsp3) is 0.875. The molecule has 2 rings (SSSR count). The summed E-state index contributed by atoms with van der Waals surface area (Å²) in [5.74, 6) is 1.51. The molecule has 0 spiro atoms. The highest BCUT2D eigenvalue weighted by Gasteiger charge is 2.22. The highest BCUT2D eigenvalue weighted by Crippen LogP contribution is 2.27. The van der Waals surface area contributed by atoms with Crippen LogP contribution in [-0.2, 0) is 9.59 Å². The molecule has 5 nitrogen and oxygen atoms in total. The van der Waals surface area contributed by atoms with E-state index in [0.29, 0.717) is 18.4 Å². The minimum absolute atomic E-state index is 0.0818. The number of carbonyl (C=O) groups excluding carboxylic acids is 2. The van der Waals surface area contributed by atoms with E-state index in [1.165, 1.54) is 25.7 Å². The Morgan fingerprint density at radius 2 is 1.67 bits per heavy atom. The van der Waals surface area contributed by atoms with Crippen LogP contribution in [0.4, 0.5) is 0 Å². The number of piperidine rings is 1. The lowest BCUT2D eigenvalue weighted by Crippen LogP contribution is -2.42. The maximum Gasteiger partial charge on any atom is 0.233 e. The highest BCUT2D eigenvalue weighted by atomic mass is 16.2. The van der Waals surface area contributed by atoms with Crippen molar-refractivity contribution in [2.24, 2.45) is 11.8 Å². The highest BCUT2D eigenvalue weighted by molar-refractivity contribution is 5.77. The summed E-state index contributed by atoms with van der Waals surface area (Å²) in [5.41, 5.74) is 0. The van der Waals surface area contributed by atoms with Crippen LogP contribution in [0.3, 0.4) is 0 Å². The van der Waals surface area contributed by atoms with Gasteiger partial charge in [-0.15, -0.1) is 0 Å². The van der Waals surface area contributed by atoms with Crippen LogP contribution in [-0.4, -0.2) is 49.9 Å². The Labute approximate surface area is 127 Å². The number of hydrogen-bond acceptors (Lipinski definition) is 3. The zero-order chi connectivity index (χ0) is 15.1. The molecule has 1 saturated heterocycles. The first-order chi connectivity index (χ1) is 10.2. The summed E-state index contributed by atoms with van der Waals surface area (Å²) >= 11 is 0. The Balaban J connectivity index is 1.57. The topological polar surface area (TPSA) is 61.4 Å². The first-order valence-corrected chi connectivity index (χ1v) is 8.37. The smallest absolute Gasteiger partial charge is 0.233 e. The monoisotopic (exact) mass is 295 g/mol. The molecule has 21 heavy (non-hydrogen) atoms. The summed E-state index contributed by atoms with van der Waals surface area (Å²) in [7, 11) is 1.68. The third kappa shape index (κ3) is 5.65. The molecule has 0 atom stereocenters. The van der Waals surface area contributed by atoms with E-state index in [9.17, 15) is 9.59 Å². The van der Waals surface area contributed by atoms with Gasteiger partial charge in [0.2, 0.25) is 11.8 Å². The van der Waals surface area contributed by atoms with Crippen molar-refractivity contribution in [2.45, 2.75) is 44.9 Å². The number of amides is 2. The lowest BCUT2D eigenvalue weighted by Gasteiger charge is -2.31. The average Bonchev–Trinajstić information content (AvgIpc) is 2.99. The van der Waals surface area contributed by atoms with Gasteiger partial charge in [0.15, 0.2) is 0 Å². The number of nitrogens with zero attached hydrogens (tertiary/aromatic N) is 1. The number of likely N-dealkylation sites (N-methyl/N-ethyl adjacent to an activating group) is 1. The largest absolute Gasteiger partial charge is 0.358 e. The molecule has 0 aromatic carbocycles. The maximum absolute atomic E-state index is 11.9. The lowest BCUT2D eigenvalue weighted by molar-refractivity contribution is -0.122. The number of rotatable bonds is 6. The molecule has 5 heteroatoms. The molecule has 0 unspecified atom stereocenters. The Morgan fingerprint density at radius 1 is 1.00 bits per heavy atom. The molecule has 1 aliphatic carbocycles. The number of carbonyl (C=O) groups is 2. The first kappa shape index (κ1) is 16.3. The van der Waals surface area contributed by atoms with Crippen LogP contribution in [0.15, 0.2) is 0 Å². The van der Waals surface area contributed by atoms with Crippen molar-refractivity contribution in [2.75, 3.05) is 33.2 Å². The lowest BCUT2D eigenvalue weighted by atomic mass is 9.96. The number of nitrogens with one attached hydrogen (secondary N) is 2. The minimum Gasteiger partial charge on any atom is -0.358 e. The molecular weight excluding hydrogens is 266 g/mol. The zero-order valence-electron chi connectivity index (χ0n) is 13.2. The van der Waals surface area contributed by atoms with E-state index in [4.69, 9.17) is 0 Å². The van der Waals surface area contributed by atoms with Gasteiger partial charge >= 0.3 is 0 Å². The second-order valence-corrected chi connectivity index (χ2v) is 6.55. The summed E-state index contributed by atoms with van der Waals surface area (Å²) < 4.78 is 0. The van der Waals surface area contributed by atoms with Gasteiger partial charge in [0.25, 0.3) is 0 Å². The molecule has 2 N–H and O–H groups in total. The van der Waals surface area contributed by atoms with Gasteiger partial charge in [0.1, 0.15) is 0 Å². The first-order valence-electron chi connectivity index (χ1n) is 8.37. The zero-order valence-corrected chi connectivity index (χ0v) is 13.2. The molecule has 0 aromatic rings. The summed E-state index contributed by atoms with van der Waals surface area (Å²) in [6, 6.07) is 0. The predicted molar refractivity (Wildman–Crippen MR) is 82.8 cm³/mol. The van der Waals surface area contributed by atoms with Gasteiger partial charge in [0, 0.05) is 20.0 Å². The number of hydrogen-bond donors (Lipinski definition) is 2. The molecule has 0 bridgehead atoms. The summed E-state index contributed by atoms with van der Waals surface area (Å²) in [4.78, 5) is 25.4. The fourth-order valence-corrected chi connectivity index (χ4v) is 3.44. The van der Waals surface area contributed by atoms with E-state index in [0.717, 1.165) is 38.9 Å². The third-order valence-corrected chi connectivity index (χ3v) is 4.89. The molecule has 0 aromatic heterocycles. The second kappa shape index (κ2) is 8.37. The van der Waals surface area contributed by atoms with Crippen molar-refractivity contribution in [3.63, 3.8) is 0 Å². The Hall–Kier alpha value is -1.10. The summed E-state index contributed by atoms with van der Waals surface area (Å²) in [5, 5.41) is 5.77. The third-order valence-electron chi connectivity index (χ3n) is 4.89. The van der Waals surface area contributed by atoms with Gasteiger partial charge in [0.05, 0.1) is 6.54 Å². The van der Waals surface area contributed by atoms with Crippen LogP contribution < -0.4 is 10.6 Å². The van der Waals surface area contributed by atoms with Gasteiger partial charge in [-0.3, -0.25) is 14.5 Å². The van der Waals surface area contributed by atoms with Crippen LogP contribution in [0, 0.1) is 11.8 Å². The SMILES string of the molecule is CNC(=O)CN1CCC(CNC(=O)CC2CCCC2)CC1. The van der Waals surface area contributed by atoms with E-state index >= 15 is 0 Å². The van der Waals surface area contributed by atoms with Gasteiger partial charge in [-0.05, 0) is 50.6 Å². The molecule has 2 aliphatic rings. The van der Waals surface area contributed by atoms with Crippen molar-refractivity contribution in [3.05, 3.63) is 0 Å². The number of likely N-dealkylation sites (tertiary alicyclic amines) is 1. The van der Waals surface area contributed by atoms with Gasteiger partial charge < -0.3 is 10.6 Å². The standard InChI is InChI=1S/C16H29N3O2/c1-17-16(21)12-19-8-6-14(7-9-19)11-18-15(20)10-13-4-2-3-5-13/h13-14H,2-12H2,1H3,(H,17,21)(H,18,20). The molecule has 1 saturated carbocycles. The van der Waals surface area contributed by atoms with Crippen molar-refractivity contribution < 1.29 is 9.59 Å². The molecule has 2 amide bonds. The Kier molecular flexibility index (Phi) is 6.49. The molecule has 1 heterocycles. The normalized spacial score (nSPS) is 21.4. The molecule has 1 aliphatic heterocycles. The Morgan fingerprint density at radius 3 is 2.29 bits per heavy atom. The molecule has 0 radical (unpaired) electrons. The molecular formula is C16H29N3O2. The molecule has 2 fully saturated rings. The van der Waals surface area contributed by atoms with Crippen LogP contribution in [0.1, 0.15) is 44.9 Å². The van der Waals surface area contributed by atoms with E-state index in [-0.39, 0.29) is 11.8 Å². The van der Waals surface area contributed by atoms with Gasteiger partial charge in [-0.2, -0.15) is 0 Å². The Bertz CT molecular complexity index is 345. The van der Waals surface area contributed by atoms with Crippen LogP contribution in [0.25, 0.3) is 0 Å². The van der Waals surface area contributed by atoms with Crippen LogP contribution >= 0.6 is 0 Å². The van der Waals surface area contributed by atoms with Gasteiger partial charge in [-0.1, -0.05) is 12.8 Å². The minimum atomic E-state index is 0.0818. The quantitative estimate of drug-likeness (QED) is 0.772. The molecule has 120 valence electrons. The van der Waals surface area contributed by atoms with Crippen LogP contribution in [0.5, 0.6) is 0 Å². The van der Waals surface area contributed by atoms with E-state index in [2.05, 4.69) is 15.5 Å². The van der Waals surface area contributed by atoms with Crippen molar-refractivity contribution in [1.82, 2.24) is 15.5 Å². The van der Waals surface area contributed by atoms with Crippen LogP contribution in [0.2, 0.25) is 0 Å². The van der Waals surface area contributed by atoms with E-state index in [1.807, 2.05) is 0 Å². The van der Waals surface area contributed by atoms with Gasteiger partial charge in [-0.25, -0.2) is 0 Å². The van der Waals surface area contributed by atoms with E-state index < -0.39 is 0 Å². The predicted octanol–water partition coefficient (Wildman–Crippen LogP) is 1.14. The second-order valence-electron chi connectivity index (χ2n) is 6.55. The van der Waals surface area contributed by atoms with Crippen molar-refractivity contribution in [1.29, 1.82) is 0 Å². The average molecular weight is 295 g/mol. The fourth-order valence-electron chi connectivity index (χ4n) is 3.44. The van der Waals surface area contributed by atoms with Crippen molar-refractivity contribution >= 4 is 11.8 Å². The van der Waals surface area contributed by atoms with Crippen molar-refractivity contribution in [3.8, 4) is 0 Å². The summed E-state index contributed by atoms with van der Waals surface area (Å²) in [6.45, 7) is 3.21. The summed E-state index contributed by atoms with van der Waals surface area (Å²) in [6.07, 6.45) is 7.90. The maximum atomic E-state index is 11.9.